The van der Waals surface area contributed by atoms with E-state index >= 15 is 0 Å². The third-order valence-electron chi connectivity index (χ3n) is 13.7. The molecule has 0 aromatic heterocycles. The van der Waals surface area contributed by atoms with Crippen LogP contribution in [-0.2, 0) is 14.3 Å². The predicted octanol–water partition coefficient (Wildman–Crippen LogP) is 18.4. The molecule has 6 nitrogen and oxygen atoms in total. The summed E-state index contributed by atoms with van der Waals surface area (Å²) in [6, 6.07) is -0.704. The normalized spacial score (nSPS) is 13.3. The van der Waals surface area contributed by atoms with Crippen LogP contribution in [-0.4, -0.2) is 46.9 Å². The van der Waals surface area contributed by atoms with Crippen LogP contribution in [0.5, 0.6) is 0 Å². The van der Waals surface area contributed by atoms with Crippen molar-refractivity contribution in [2.45, 2.75) is 334 Å². The van der Waals surface area contributed by atoms with E-state index in [1.54, 1.807) is 0 Å². The number of esters is 1. The van der Waals surface area contributed by atoms with Gasteiger partial charge in [-0.3, -0.25) is 9.59 Å². The van der Waals surface area contributed by atoms with Gasteiger partial charge < -0.3 is 20.3 Å². The zero-order valence-electron chi connectivity index (χ0n) is 45.0. The first-order chi connectivity index (χ1) is 33.0. The Morgan fingerprint density at radius 2 is 0.761 bits per heavy atom. The van der Waals surface area contributed by atoms with Gasteiger partial charge in [0.2, 0.25) is 5.91 Å². The van der Waals surface area contributed by atoms with Gasteiger partial charge >= 0.3 is 5.97 Å². The van der Waals surface area contributed by atoms with Crippen molar-refractivity contribution in [1.82, 2.24) is 5.32 Å². The van der Waals surface area contributed by atoms with Crippen molar-refractivity contribution >= 4 is 11.9 Å². The molecule has 6 heteroatoms. The summed E-state index contributed by atoms with van der Waals surface area (Å²) in [6.07, 6.45) is 66.3. The molecule has 0 aliphatic carbocycles. The van der Waals surface area contributed by atoms with E-state index in [1.165, 1.54) is 199 Å². The quantitative estimate of drug-likeness (QED) is 0.0321. The van der Waals surface area contributed by atoms with E-state index in [0.717, 1.165) is 70.6 Å². The Morgan fingerprint density at radius 3 is 1.18 bits per heavy atom. The Bertz CT molecular complexity index is 1100. The van der Waals surface area contributed by atoms with Gasteiger partial charge in [0.25, 0.3) is 0 Å². The van der Waals surface area contributed by atoms with Crippen LogP contribution < -0.4 is 5.32 Å². The van der Waals surface area contributed by atoms with Gasteiger partial charge in [0.1, 0.15) is 6.10 Å². The molecule has 0 aliphatic rings. The molecule has 0 bridgehead atoms. The van der Waals surface area contributed by atoms with E-state index in [0.29, 0.717) is 19.3 Å². The van der Waals surface area contributed by atoms with Crippen molar-refractivity contribution < 1.29 is 24.5 Å². The standard InChI is InChI=1S/C61H115NO5/c1-4-7-10-13-16-19-22-25-28-30-33-36-39-42-45-48-51-54-61(66)67-57(52-49-46-43-40-37-34-32-29-26-23-20-17-14-11-8-5-2)55-60(65)62-58(56-63)59(64)53-50-47-44-41-38-35-31-27-24-21-18-15-12-9-6-3/h16,19,25,28,33,36,57-59,63-64H,4-15,17-18,20-24,26-27,29-32,34-35,37-56H2,1-3H3,(H,62,65)/b19-16-,28-25-,36-33-. The lowest BCUT2D eigenvalue weighted by molar-refractivity contribution is -0.151. The first-order valence-electron chi connectivity index (χ1n) is 29.7. The third kappa shape index (κ3) is 50.3. The molecule has 394 valence electrons. The molecule has 0 rings (SSSR count). The molecular formula is C61H115NO5. The van der Waals surface area contributed by atoms with E-state index < -0.39 is 18.2 Å². The number of nitrogens with one attached hydrogen (secondary N) is 1. The van der Waals surface area contributed by atoms with Crippen LogP contribution in [0.25, 0.3) is 0 Å². The molecule has 0 saturated heterocycles. The fourth-order valence-electron chi connectivity index (χ4n) is 9.20. The van der Waals surface area contributed by atoms with Crippen LogP contribution in [0, 0.1) is 0 Å². The van der Waals surface area contributed by atoms with Gasteiger partial charge in [0.15, 0.2) is 0 Å². The number of amides is 1. The summed E-state index contributed by atoms with van der Waals surface area (Å²) < 4.78 is 5.96. The average molecular weight is 943 g/mol. The Morgan fingerprint density at radius 1 is 0.433 bits per heavy atom. The number of allylic oxidation sites excluding steroid dienone is 6. The first kappa shape index (κ1) is 65.1. The topological polar surface area (TPSA) is 95.9 Å². The van der Waals surface area contributed by atoms with Gasteiger partial charge in [0.05, 0.1) is 25.2 Å². The predicted molar refractivity (Wildman–Crippen MR) is 292 cm³/mol. The molecule has 3 atom stereocenters. The molecule has 0 aliphatic heterocycles. The lowest BCUT2D eigenvalue weighted by atomic mass is 10.0. The minimum atomic E-state index is -0.790. The minimum absolute atomic E-state index is 0.0733. The van der Waals surface area contributed by atoms with Gasteiger partial charge in [-0.25, -0.2) is 0 Å². The molecule has 0 saturated carbocycles. The molecule has 0 fully saturated rings. The zero-order valence-corrected chi connectivity index (χ0v) is 45.0. The van der Waals surface area contributed by atoms with Crippen LogP contribution >= 0.6 is 0 Å². The van der Waals surface area contributed by atoms with Crippen molar-refractivity contribution in [1.29, 1.82) is 0 Å². The molecule has 3 N–H and O–H groups in total. The molecule has 1 amide bonds. The number of aliphatic hydroxyl groups is 2. The average Bonchev–Trinajstić information content (AvgIpc) is 3.32. The number of rotatable bonds is 54. The highest BCUT2D eigenvalue weighted by Crippen LogP contribution is 2.19. The number of hydrogen-bond acceptors (Lipinski definition) is 5. The lowest BCUT2D eigenvalue weighted by Crippen LogP contribution is -2.46. The minimum Gasteiger partial charge on any atom is -0.462 e. The largest absolute Gasteiger partial charge is 0.462 e. The number of carbonyl (C=O) groups is 2. The Labute approximate surface area is 417 Å². The summed E-state index contributed by atoms with van der Waals surface area (Å²) >= 11 is 0. The molecule has 67 heavy (non-hydrogen) atoms. The SMILES string of the molecule is CCCCC/C=C\C/C=C\C/C=C\CCCCCCC(=O)OC(CCCCCCCCCCCCCCCCCC)CC(=O)NC(CO)C(O)CCCCCCCCCCCCCCCCC. The van der Waals surface area contributed by atoms with Crippen LogP contribution in [0.2, 0.25) is 0 Å². The lowest BCUT2D eigenvalue weighted by Gasteiger charge is -2.24. The Balaban J connectivity index is 4.56. The molecule has 0 heterocycles. The third-order valence-corrected chi connectivity index (χ3v) is 13.7. The van der Waals surface area contributed by atoms with Crippen LogP contribution in [0.15, 0.2) is 36.5 Å². The van der Waals surface area contributed by atoms with Crippen molar-refractivity contribution in [3.63, 3.8) is 0 Å². The number of aliphatic hydroxyl groups excluding tert-OH is 2. The fraction of sp³-hybridized carbons (Fsp3) is 0.869. The fourth-order valence-corrected chi connectivity index (χ4v) is 9.20. The summed E-state index contributed by atoms with van der Waals surface area (Å²) in [7, 11) is 0. The van der Waals surface area contributed by atoms with E-state index in [2.05, 4.69) is 62.5 Å². The van der Waals surface area contributed by atoms with Gasteiger partial charge in [-0.15, -0.1) is 0 Å². The second kappa shape index (κ2) is 55.0. The van der Waals surface area contributed by atoms with Crippen LogP contribution in [0.4, 0.5) is 0 Å². The summed E-state index contributed by atoms with van der Waals surface area (Å²) in [5, 5.41) is 23.9. The zero-order chi connectivity index (χ0) is 48.8. The number of ether oxygens (including phenoxy) is 1. The van der Waals surface area contributed by atoms with Gasteiger partial charge in [-0.2, -0.15) is 0 Å². The highest BCUT2D eigenvalue weighted by Gasteiger charge is 2.24. The number of unbranched alkanes of at least 4 members (excludes halogenated alkanes) is 36. The van der Waals surface area contributed by atoms with Crippen molar-refractivity contribution in [3.05, 3.63) is 36.5 Å². The maximum absolute atomic E-state index is 13.3. The number of hydrogen-bond donors (Lipinski definition) is 3. The number of carbonyl (C=O) groups excluding carboxylic acids is 2. The smallest absolute Gasteiger partial charge is 0.306 e. The van der Waals surface area contributed by atoms with Crippen LogP contribution in [0.3, 0.4) is 0 Å². The summed E-state index contributed by atoms with van der Waals surface area (Å²) in [5.74, 6) is -0.481. The van der Waals surface area contributed by atoms with Crippen LogP contribution in [0.1, 0.15) is 316 Å². The second-order valence-electron chi connectivity index (χ2n) is 20.4. The molecule has 0 aromatic carbocycles. The summed E-state index contributed by atoms with van der Waals surface area (Å²) in [6.45, 7) is 6.49. The molecule has 0 aromatic rings. The maximum Gasteiger partial charge on any atom is 0.306 e. The monoisotopic (exact) mass is 942 g/mol. The van der Waals surface area contributed by atoms with Gasteiger partial charge in [0, 0.05) is 6.42 Å². The van der Waals surface area contributed by atoms with Gasteiger partial charge in [-0.05, 0) is 64.2 Å². The molecule has 3 unspecified atom stereocenters. The van der Waals surface area contributed by atoms with E-state index in [-0.39, 0.29) is 24.9 Å². The van der Waals surface area contributed by atoms with E-state index in [9.17, 15) is 19.8 Å². The van der Waals surface area contributed by atoms with E-state index in [4.69, 9.17) is 4.74 Å². The van der Waals surface area contributed by atoms with Crippen molar-refractivity contribution in [3.8, 4) is 0 Å². The summed E-state index contributed by atoms with van der Waals surface area (Å²) in [5.41, 5.74) is 0. The molecular weight excluding hydrogens is 827 g/mol. The van der Waals surface area contributed by atoms with Crippen molar-refractivity contribution in [2.75, 3.05) is 6.61 Å². The molecule has 0 radical (unpaired) electrons. The highest BCUT2D eigenvalue weighted by atomic mass is 16.5. The highest BCUT2D eigenvalue weighted by molar-refractivity contribution is 5.77. The molecule has 0 spiro atoms. The van der Waals surface area contributed by atoms with Gasteiger partial charge in [-0.1, -0.05) is 276 Å². The summed E-state index contributed by atoms with van der Waals surface area (Å²) in [4.78, 5) is 26.3. The maximum atomic E-state index is 13.3. The van der Waals surface area contributed by atoms with Crippen molar-refractivity contribution in [2.24, 2.45) is 0 Å². The Kier molecular flexibility index (Phi) is 53.4. The van der Waals surface area contributed by atoms with E-state index in [1.807, 2.05) is 0 Å². The Hall–Kier alpha value is -1.92. The first-order valence-corrected chi connectivity index (χ1v) is 29.7. The second-order valence-corrected chi connectivity index (χ2v) is 20.4.